The number of carbonyl (C=O) groups is 1. The first-order valence-electron chi connectivity index (χ1n) is 8.68. The molecule has 2 rings (SSSR count). The highest BCUT2D eigenvalue weighted by Crippen LogP contribution is 2.21. The zero-order chi connectivity index (χ0) is 18.3. The molecule has 0 bridgehead atoms. The standard InChI is InChI=1S/C17H27N3O4S/c1-2-3-6-14(13-18)19-17(21)15-7-4-5-8-16(15)25(22,23)20-9-11-24-12-10-20/h4-5,7-8,14H,2-3,6,9-13,18H2,1H3,(H,19,21). The third kappa shape index (κ3) is 5.01. The number of nitrogens with two attached hydrogens (primary N) is 1. The minimum absolute atomic E-state index is 0.0284. The molecule has 3 N–H and O–H groups in total. The first-order valence-corrected chi connectivity index (χ1v) is 10.1. The van der Waals surface area contributed by atoms with Crippen LogP contribution in [0.4, 0.5) is 0 Å². The zero-order valence-corrected chi connectivity index (χ0v) is 15.4. The number of sulfonamides is 1. The number of nitrogens with zero attached hydrogens (tertiary/aromatic N) is 1. The molecule has 140 valence electrons. The number of carbonyl (C=O) groups excluding carboxylic acids is 1. The van der Waals surface area contributed by atoms with E-state index >= 15 is 0 Å². The summed E-state index contributed by atoms with van der Waals surface area (Å²) in [4.78, 5) is 12.7. The quantitative estimate of drug-likeness (QED) is 0.710. The Morgan fingerprint density at radius 3 is 2.64 bits per heavy atom. The van der Waals surface area contributed by atoms with Crippen LogP contribution in [0.2, 0.25) is 0 Å². The van der Waals surface area contributed by atoms with Crippen molar-refractivity contribution >= 4 is 15.9 Å². The van der Waals surface area contributed by atoms with Gasteiger partial charge in [0.15, 0.2) is 0 Å². The average Bonchev–Trinajstić information content (AvgIpc) is 2.65. The summed E-state index contributed by atoms with van der Waals surface area (Å²) < 4.78 is 32.4. The molecule has 8 heteroatoms. The number of hydrogen-bond acceptors (Lipinski definition) is 5. The maximum Gasteiger partial charge on any atom is 0.252 e. The normalized spacial score (nSPS) is 17.2. The molecule has 1 aromatic rings. The van der Waals surface area contributed by atoms with Gasteiger partial charge in [0.05, 0.1) is 23.7 Å². The maximum atomic E-state index is 12.9. The molecule has 1 unspecified atom stereocenters. The Kier molecular flexibility index (Phi) is 7.37. The van der Waals surface area contributed by atoms with E-state index < -0.39 is 15.9 Å². The molecular weight excluding hydrogens is 342 g/mol. The fourth-order valence-electron chi connectivity index (χ4n) is 2.77. The van der Waals surface area contributed by atoms with Crippen LogP contribution in [0.15, 0.2) is 29.2 Å². The summed E-state index contributed by atoms with van der Waals surface area (Å²) >= 11 is 0. The van der Waals surface area contributed by atoms with Crippen molar-refractivity contribution in [2.24, 2.45) is 5.73 Å². The van der Waals surface area contributed by atoms with Gasteiger partial charge in [0.1, 0.15) is 0 Å². The van der Waals surface area contributed by atoms with Gasteiger partial charge >= 0.3 is 0 Å². The number of hydrogen-bond donors (Lipinski definition) is 2. The Labute approximate surface area is 149 Å². The van der Waals surface area contributed by atoms with E-state index in [0.29, 0.717) is 32.8 Å². The number of rotatable bonds is 8. The van der Waals surface area contributed by atoms with Crippen LogP contribution in [0.25, 0.3) is 0 Å². The molecule has 0 saturated carbocycles. The second-order valence-corrected chi connectivity index (χ2v) is 7.97. The van der Waals surface area contributed by atoms with Crippen LogP contribution in [-0.4, -0.2) is 57.5 Å². The molecule has 25 heavy (non-hydrogen) atoms. The second-order valence-electron chi connectivity index (χ2n) is 6.06. The van der Waals surface area contributed by atoms with E-state index in [1.54, 1.807) is 12.1 Å². The summed E-state index contributed by atoms with van der Waals surface area (Å²) in [7, 11) is -3.74. The van der Waals surface area contributed by atoms with Gasteiger partial charge < -0.3 is 15.8 Å². The molecule has 1 aliphatic heterocycles. The lowest BCUT2D eigenvalue weighted by atomic mass is 10.1. The molecule has 0 spiro atoms. The van der Waals surface area contributed by atoms with Crippen molar-refractivity contribution in [3.8, 4) is 0 Å². The molecular formula is C17H27N3O4S. The van der Waals surface area contributed by atoms with Gasteiger partial charge in [-0.05, 0) is 18.6 Å². The minimum atomic E-state index is -3.74. The van der Waals surface area contributed by atoms with Gasteiger partial charge in [-0.25, -0.2) is 8.42 Å². The third-order valence-electron chi connectivity index (χ3n) is 4.25. The van der Waals surface area contributed by atoms with Gasteiger partial charge in [-0.1, -0.05) is 31.9 Å². The van der Waals surface area contributed by atoms with E-state index in [1.807, 2.05) is 0 Å². The van der Waals surface area contributed by atoms with E-state index in [9.17, 15) is 13.2 Å². The lowest BCUT2D eigenvalue weighted by molar-refractivity contribution is 0.0729. The third-order valence-corrected chi connectivity index (χ3v) is 6.20. The van der Waals surface area contributed by atoms with Gasteiger partial charge in [0.25, 0.3) is 5.91 Å². The Hall–Kier alpha value is -1.48. The average molecular weight is 369 g/mol. The number of unbranched alkanes of at least 4 members (excludes halogenated alkanes) is 1. The van der Waals surface area contributed by atoms with Gasteiger partial charge in [0, 0.05) is 25.7 Å². The molecule has 0 aliphatic carbocycles. The molecule has 7 nitrogen and oxygen atoms in total. The van der Waals surface area contributed by atoms with Gasteiger partial charge in [-0.3, -0.25) is 4.79 Å². The fraction of sp³-hybridized carbons (Fsp3) is 0.588. The predicted molar refractivity (Wildman–Crippen MR) is 95.9 cm³/mol. The van der Waals surface area contributed by atoms with E-state index in [1.165, 1.54) is 16.4 Å². The maximum absolute atomic E-state index is 12.9. The molecule has 1 heterocycles. The molecule has 1 saturated heterocycles. The molecule has 1 fully saturated rings. The summed E-state index contributed by atoms with van der Waals surface area (Å²) in [5, 5.41) is 2.86. The Morgan fingerprint density at radius 1 is 1.32 bits per heavy atom. The molecule has 0 radical (unpaired) electrons. The molecule has 1 aliphatic rings. The van der Waals surface area contributed by atoms with E-state index in [4.69, 9.17) is 10.5 Å². The van der Waals surface area contributed by atoms with Crippen LogP contribution < -0.4 is 11.1 Å². The highest BCUT2D eigenvalue weighted by atomic mass is 32.2. The number of nitrogens with one attached hydrogen (secondary N) is 1. The van der Waals surface area contributed by atoms with Crippen LogP contribution in [0.1, 0.15) is 36.5 Å². The van der Waals surface area contributed by atoms with Crippen LogP contribution >= 0.6 is 0 Å². The SMILES string of the molecule is CCCCC(CN)NC(=O)c1ccccc1S(=O)(=O)N1CCOCC1. The van der Waals surface area contributed by atoms with Gasteiger partial charge in [-0.2, -0.15) is 4.31 Å². The highest BCUT2D eigenvalue weighted by molar-refractivity contribution is 7.89. The van der Waals surface area contributed by atoms with Crippen LogP contribution in [-0.2, 0) is 14.8 Å². The van der Waals surface area contributed by atoms with E-state index in [-0.39, 0.29) is 16.5 Å². The van der Waals surface area contributed by atoms with E-state index in [0.717, 1.165) is 19.3 Å². The summed E-state index contributed by atoms with van der Waals surface area (Å²) in [6, 6.07) is 6.14. The van der Waals surface area contributed by atoms with Crippen molar-refractivity contribution < 1.29 is 17.9 Å². The molecule has 1 atom stereocenters. The number of ether oxygens (including phenoxy) is 1. The van der Waals surface area contributed by atoms with Gasteiger partial charge in [-0.15, -0.1) is 0 Å². The van der Waals surface area contributed by atoms with E-state index in [2.05, 4.69) is 12.2 Å². The fourth-order valence-corrected chi connectivity index (χ4v) is 4.36. The topological polar surface area (TPSA) is 102 Å². The Bertz CT molecular complexity index is 672. The predicted octanol–water partition coefficient (Wildman–Crippen LogP) is 0.955. The van der Waals surface area contributed by atoms with Crippen LogP contribution in [0.5, 0.6) is 0 Å². The number of morpholine rings is 1. The summed E-state index contributed by atoms with van der Waals surface area (Å²) in [5.74, 6) is -0.404. The number of amides is 1. The Balaban J connectivity index is 2.23. The first-order chi connectivity index (χ1) is 12.0. The van der Waals surface area contributed by atoms with Crippen molar-refractivity contribution in [2.45, 2.75) is 37.1 Å². The van der Waals surface area contributed by atoms with Crippen molar-refractivity contribution in [1.29, 1.82) is 0 Å². The minimum Gasteiger partial charge on any atom is -0.379 e. The van der Waals surface area contributed by atoms with Gasteiger partial charge in [0.2, 0.25) is 10.0 Å². The summed E-state index contributed by atoms with van der Waals surface area (Å²) in [6.45, 7) is 3.70. The largest absolute Gasteiger partial charge is 0.379 e. The molecule has 0 aromatic heterocycles. The lowest BCUT2D eigenvalue weighted by Gasteiger charge is -2.27. The summed E-state index contributed by atoms with van der Waals surface area (Å²) in [5.41, 5.74) is 5.88. The van der Waals surface area contributed by atoms with Crippen molar-refractivity contribution in [1.82, 2.24) is 9.62 Å². The number of benzene rings is 1. The Morgan fingerprint density at radius 2 is 2.00 bits per heavy atom. The van der Waals surface area contributed by atoms with Crippen molar-refractivity contribution in [2.75, 3.05) is 32.8 Å². The van der Waals surface area contributed by atoms with Crippen LogP contribution in [0, 0.1) is 0 Å². The first kappa shape index (κ1) is 19.8. The second kappa shape index (κ2) is 9.28. The zero-order valence-electron chi connectivity index (χ0n) is 14.6. The lowest BCUT2D eigenvalue weighted by Crippen LogP contribution is -2.43. The molecule has 1 aromatic carbocycles. The highest BCUT2D eigenvalue weighted by Gasteiger charge is 2.30. The van der Waals surface area contributed by atoms with Crippen molar-refractivity contribution in [3.05, 3.63) is 29.8 Å². The van der Waals surface area contributed by atoms with Crippen LogP contribution in [0.3, 0.4) is 0 Å². The monoisotopic (exact) mass is 369 g/mol. The smallest absolute Gasteiger partial charge is 0.252 e. The van der Waals surface area contributed by atoms with Crippen molar-refractivity contribution in [3.63, 3.8) is 0 Å². The molecule has 1 amide bonds. The summed E-state index contributed by atoms with van der Waals surface area (Å²) in [6.07, 6.45) is 2.74.